The van der Waals surface area contributed by atoms with Gasteiger partial charge in [-0.15, -0.1) is 0 Å². The fourth-order valence-electron chi connectivity index (χ4n) is 5.09. The van der Waals surface area contributed by atoms with Crippen molar-refractivity contribution >= 4 is 53.4 Å². The number of carboxylic acids is 3. The Kier molecular flexibility index (Phi) is 16.5. The SMILES string of the molecule is CC[C@H](NC(=O)[C@@H]1CCCN1C(=O)[C@@H](NC(=O)[C@@H](NC(=O)[C@H](CC(=O)O)NC(=O)[C@H](CC(=O)O)NC(C)=O)[C@@H](C)CC)C(C)C)C(=O)O. The van der Waals surface area contributed by atoms with Gasteiger partial charge in [0.1, 0.15) is 36.3 Å². The summed E-state index contributed by atoms with van der Waals surface area (Å²) in [5.74, 6) is -10.2. The van der Waals surface area contributed by atoms with E-state index in [-0.39, 0.29) is 19.4 Å². The molecule has 1 aliphatic heterocycles. The number of nitrogens with zero attached hydrogens (tertiary/aromatic N) is 1. The van der Waals surface area contributed by atoms with Gasteiger partial charge in [0.05, 0.1) is 12.8 Å². The molecule has 0 aliphatic carbocycles. The van der Waals surface area contributed by atoms with E-state index in [9.17, 15) is 53.4 Å². The van der Waals surface area contributed by atoms with Crippen LogP contribution in [0, 0.1) is 11.8 Å². The van der Waals surface area contributed by atoms with Crippen molar-refractivity contribution in [3.63, 3.8) is 0 Å². The molecular formula is C30H48N6O12. The van der Waals surface area contributed by atoms with E-state index < -0.39 is 114 Å². The maximum Gasteiger partial charge on any atom is 0.326 e. The molecular weight excluding hydrogens is 636 g/mol. The van der Waals surface area contributed by atoms with Crippen molar-refractivity contribution in [2.45, 2.75) is 116 Å². The molecule has 1 fully saturated rings. The van der Waals surface area contributed by atoms with Crippen LogP contribution in [-0.4, -0.2) is 116 Å². The summed E-state index contributed by atoms with van der Waals surface area (Å²) in [5, 5.41) is 39.6. The molecule has 270 valence electrons. The summed E-state index contributed by atoms with van der Waals surface area (Å²) in [6.45, 7) is 9.46. The molecule has 8 N–H and O–H groups in total. The number of amides is 6. The Morgan fingerprint density at radius 2 is 1.21 bits per heavy atom. The molecule has 1 saturated heterocycles. The largest absolute Gasteiger partial charge is 0.481 e. The lowest BCUT2D eigenvalue weighted by Gasteiger charge is -2.33. The predicted molar refractivity (Wildman–Crippen MR) is 167 cm³/mol. The molecule has 48 heavy (non-hydrogen) atoms. The van der Waals surface area contributed by atoms with Crippen LogP contribution in [0.2, 0.25) is 0 Å². The van der Waals surface area contributed by atoms with Gasteiger partial charge in [-0.05, 0) is 31.1 Å². The van der Waals surface area contributed by atoms with Crippen molar-refractivity contribution in [3.05, 3.63) is 0 Å². The fraction of sp³-hybridized carbons (Fsp3) is 0.700. The van der Waals surface area contributed by atoms with Crippen LogP contribution >= 0.6 is 0 Å². The van der Waals surface area contributed by atoms with E-state index in [2.05, 4.69) is 26.6 Å². The van der Waals surface area contributed by atoms with Gasteiger partial charge >= 0.3 is 17.9 Å². The first-order valence-electron chi connectivity index (χ1n) is 15.8. The van der Waals surface area contributed by atoms with Crippen LogP contribution in [0.5, 0.6) is 0 Å². The lowest BCUT2D eigenvalue weighted by atomic mass is 9.95. The highest BCUT2D eigenvalue weighted by molar-refractivity contribution is 5.98. The Hall–Kier alpha value is -4.77. The van der Waals surface area contributed by atoms with E-state index in [0.717, 1.165) is 6.92 Å². The summed E-state index contributed by atoms with van der Waals surface area (Å²) in [4.78, 5) is 113. The summed E-state index contributed by atoms with van der Waals surface area (Å²) < 4.78 is 0. The molecule has 0 radical (unpaired) electrons. The molecule has 0 saturated carbocycles. The number of aliphatic carboxylic acids is 3. The number of nitrogens with one attached hydrogen (secondary N) is 5. The number of rotatable bonds is 19. The zero-order chi connectivity index (χ0) is 36.9. The average Bonchev–Trinajstić information content (AvgIpc) is 3.48. The molecule has 0 aromatic heterocycles. The summed E-state index contributed by atoms with van der Waals surface area (Å²) in [6, 6.07) is -7.99. The number of carbonyl (C=O) groups is 9. The van der Waals surface area contributed by atoms with Gasteiger partial charge in [-0.2, -0.15) is 0 Å². The molecule has 6 amide bonds. The third-order valence-electron chi connectivity index (χ3n) is 7.97. The molecule has 1 heterocycles. The van der Waals surface area contributed by atoms with Crippen molar-refractivity contribution in [2.24, 2.45) is 11.8 Å². The van der Waals surface area contributed by atoms with Gasteiger partial charge in [0, 0.05) is 13.5 Å². The minimum atomic E-state index is -1.77. The Balaban J connectivity index is 3.23. The van der Waals surface area contributed by atoms with Crippen LogP contribution in [-0.2, 0) is 43.2 Å². The molecule has 1 rings (SSSR count). The first-order valence-corrected chi connectivity index (χ1v) is 15.8. The average molecular weight is 685 g/mol. The molecule has 0 aromatic carbocycles. The number of hydrogen-bond acceptors (Lipinski definition) is 9. The summed E-state index contributed by atoms with van der Waals surface area (Å²) in [5.41, 5.74) is 0. The normalized spacial score (nSPS) is 17.9. The van der Waals surface area contributed by atoms with E-state index in [1.54, 1.807) is 34.6 Å². The second-order valence-electron chi connectivity index (χ2n) is 12.1. The van der Waals surface area contributed by atoms with Gasteiger partial charge in [0.15, 0.2) is 0 Å². The van der Waals surface area contributed by atoms with E-state index in [0.29, 0.717) is 12.8 Å². The summed E-state index contributed by atoms with van der Waals surface area (Å²) in [6.07, 6.45) is -0.585. The maximum absolute atomic E-state index is 13.7. The van der Waals surface area contributed by atoms with Gasteiger partial charge in [-0.25, -0.2) is 4.79 Å². The van der Waals surface area contributed by atoms with E-state index >= 15 is 0 Å². The van der Waals surface area contributed by atoms with Gasteiger partial charge in [0.2, 0.25) is 35.4 Å². The first kappa shape index (κ1) is 41.3. The zero-order valence-electron chi connectivity index (χ0n) is 28.0. The molecule has 0 unspecified atom stereocenters. The first-order chi connectivity index (χ1) is 22.3. The van der Waals surface area contributed by atoms with Crippen LogP contribution in [0.1, 0.15) is 80.1 Å². The van der Waals surface area contributed by atoms with Crippen LogP contribution < -0.4 is 26.6 Å². The maximum atomic E-state index is 13.7. The summed E-state index contributed by atoms with van der Waals surface area (Å²) in [7, 11) is 0. The summed E-state index contributed by atoms with van der Waals surface area (Å²) >= 11 is 0. The van der Waals surface area contributed by atoms with Crippen LogP contribution in [0.3, 0.4) is 0 Å². The van der Waals surface area contributed by atoms with E-state index in [4.69, 9.17) is 5.11 Å². The zero-order valence-corrected chi connectivity index (χ0v) is 28.0. The quantitative estimate of drug-likeness (QED) is 0.0778. The fourth-order valence-corrected chi connectivity index (χ4v) is 5.09. The highest BCUT2D eigenvalue weighted by atomic mass is 16.4. The van der Waals surface area contributed by atoms with Gasteiger partial charge in [-0.3, -0.25) is 38.4 Å². The third kappa shape index (κ3) is 12.4. The van der Waals surface area contributed by atoms with Crippen molar-refractivity contribution in [3.8, 4) is 0 Å². The molecule has 1 aliphatic rings. The van der Waals surface area contributed by atoms with Crippen molar-refractivity contribution in [2.75, 3.05) is 6.54 Å². The molecule has 18 nitrogen and oxygen atoms in total. The number of hydrogen-bond donors (Lipinski definition) is 8. The number of likely N-dealkylation sites (tertiary alicyclic amines) is 1. The van der Waals surface area contributed by atoms with Gasteiger partial charge in [0.25, 0.3) is 0 Å². The van der Waals surface area contributed by atoms with Gasteiger partial charge < -0.3 is 46.8 Å². The third-order valence-corrected chi connectivity index (χ3v) is 7.97. The van der Waals surface area contributed by atoms with E-state index in [1.807, 2.05) is 0 Å². The van der Waals surface area contributed by atoms with Crippen molar-refractivity contribution in [1.29, 1.82) is 0 Å². The topological polar surface area (TPSA) is 278 Å². The lowest BCUT2D eigenvalue weighted by Crippen LogP contribution is -2.61. The monoisotopic (exact) mass is 684 g/mol. The smallest absolute Gasteiger partial charge is 0.326 e. The Morgan fingerprint density at radius 3 is 1.67 bits per heavy atom. The highest BCUT2D eigenvalue weighted by Crippen LogP contribution is 2.21. The Bertz CT molecular complexity index is 1220. The van der Waals surface area contributed by atoms with E-state index in [1.165, 1.54) is 4.90 Å². The number of carboxylic acid groups (broad SMARTS) is 3. The highest BCUT2D eigenvalue weighted by Gasteiger charge is 2.41. The Labute approximate surface area is 278 Å². The van der Waals surface area contributed by atoms with Crippen LogP contribution in [0.15, 0.2) is 0 Å². The molecule has 0 spiro atoms. The van der Waals surface area contributed by atoms with Crippen molar-refractivity contribution < 1.29 is 58.5 Å². The second-order valence-corrected chi connectivity index (χ2v) is 12.1. The molecule has 18 heteroatoms. The van der Waals surface area contributed by atoms with Crippen LogP contribution in [0.4, 0.5) is 0 Å². The number of carbonyl (C=O) groups excluding carboxylic acids is 6. The predicted octanol–water partition coefficient (Wildman–Crippen LogP) is -1.43. The molecule has 0 aromatic rings. The standard InChI is InChI=1S/C30H48N6O12/c1-7-15(5)24(35-26(43)19(13-22(40)41)33-25(42)18(12-21(38)39)31-16(6)37)28(45)34-23(14(3)4)29(46)36-11-9-10-20(36)27(44)32-17(8-2)30(47)48/h14-15,17-20,23-24H,7-13H2,1-6H3,(H,31,37)(H,32,44)(H,33,42)(H,34,45)(H,35,43)(H,38,39)(H,40,41)(H,47,48)/t15-,17-,18-,19-,20-,23-,24-/m0/s1. The molecule has 7 atom stereocenters. The van der Waals surface area contributed by atoms with Crippen molar-refractivity contribution in [1.82, 2.24) is 31.5 Å². The van der Waals surface area contributed by atoms with Gasteiger partial charge in [-0.1, -0.05) is 41.0 Å². The minimum Gasteiger partial charge on any atom is -0.481 e. The lowest BCUT2D eigenvalue weighted by molar-refractivity contribution is -0.145. The van der Waals surface area contributed by atoms with Crippen LogP contribution in [0.25, 0.3) is 0 Å². The molecule has 0 bridgehead atoms. The Morgan fingerprint density at radius 1 is 0.688 bits per heavy atom. The minimum absolute atomic E-state index is 0.129. The second kappa shape index (κ2) is 19.1.